The molecule has 0 saturated heterocycles. The fourth-order valence-corrected chi connectivity index (χ4v) is 6.30. The summed E-state index contributed by atoms with van der Waals surface area (Å²) in [6, 6.07) is 0. The second kappa shape index (κ2) is 22.0. The number of unbranched alkanes of at least 4 members (excludes halogenated alkanes) is 15. The Morgan fingerprint density at radius 1 is 0.463 bits per heavy atom. The maximum absolute atomic E-state index is 11.5. The normalized spacial score (nSPS) is 13.2. The van der Waals surface area contributed by atoms with Crippen LogP contribution in [0.1, 0.15) is 156 Å². The highest BCUT2D eigenvalue weighted by atomic mass is 32.3. The summed E-state index contributed by atoms with van der Waals surface area (Å²) in [5, 5.41) is 0. The molecule has 0 amide bonds. The van der Waals surface area contributed by atoms with Crippen molar-refractivity contribution >= 4 is 20.0 Å². The lowest BCUT2D eigenvalue weighted by atomic mass is 9.82. The molecule has 0 atom stereocenters. The summed E-state index contributed by atoms with van der Waals surface area (Å²) in [7, 11) is -13.2. The summed E-state index contributed by atoms with van der Waals surface area (Å²) in [6.07, 6.45) is 28.8. The van der Waals surface area contributed by atoms with Crippen molar-refractivity contribution in [2.45, 2.75) is 172 Å². The van der Waals surface area contributed by atoms with E-state index in [2.05, 4.69) is 20.8 Å². The molecule has 14 heteroatoms. The average molecular weight is 649 g/mol. The third-order valence-electron chi connectivity index (χ3n) is 6.91. The highest BCUT2D eigenvalue weighted by Gasteiger charge is 2.55. The molecule has 41 heavy (non-hydrogen) atoms. The van der Waals surface area contributed by atoms with Crippen LogP contribution in [0.15, 0.2) is 0 Å². The minimum Gasteiger partial charge on any atom is -0.325 e. The fraction of sp³-hybridized carbons (Fsp3) is 1.00. The Morgan fingerprint density at radius 2 is 0.683 bits per heavy atom. The van der Waals surface area contributed by atoms with Crippen molar-refractivity contribution in [2.24, 2.45) is 5.73 Å². The summed E-state index contributed by atoms with van der Waals surface area (Å²) >= 11 is 0. The summed E-state index contributed by atoms with van der Waals surface area (Å²) in [5.74, 6) is 0. The van der Waals surface area contributed by atoms with Crippen molar-refractivity contribution < 1.29 is 43.2 Å². The Labute approximate surface area is 245 Å². The Morgan fingerprint density at radius 3 is 0.902 bits per heavy atom. The van der Waals surface area contributed by atoms with Gasteiger partial charge in [-0.3, -0.25) is 0 Å². The number of rotatable bonds is 23. The summed E-state index contributed by atoms with van der Waals surface area (Å²) in [5.41, 5.74) is -5.24. The predicted molar refractivity (Wildman–Crippen MR) is 154 cm³/mol. The largest absolute Gasteiger partial charge is 0.512 e. The predicted octanol–water partition coefficient (Wildman–Crippen LogP) is 9.21. The van der Waals surface area contributed by atoms with Crippen molar-refractivity contribution in [2.75, 3.05) is 0 Å². The molecule has 0 aliphatic rings. The lowest BCUT2D eigenvalue weighted by Gasteiger charge is -2.30. The highest BCUT2D eigenvalue weighted by molar-refractivity contribution is 8.05. The van der Waals surface area contributed by atoms with E-state index < -0.39 is 35.2 Å². The molecule has 0 spiro atoms. The van der Waals surface area contributed by atoms with E-state index in [-0.39, 0.29) is 5.54 Å². The number of hydrogen-bond acceptors (Lipinski definition) is 5. The number of hydrogen-bond donors (Lipinski definition) is 2. The van der Waals surface area contributed by atoms with Gasteiger partial charge in [0, 0.05) is 5.54 Å². The quantitative estimate of drug-likeness (QED) is 0.0849. The molecule has 0 fully saturated rings. The van der Waals surface area contributed by atoms with Crippen LogP contribution in [0.4, 0.5) is 26.3 Å². The van der Waals surface area contributed by atoms with E-state index in [1.54, 1.807) is 0 Å². The Kier molecular flexibility index (Phi) is 22.8. The van der Waals surface area contributed by atoms with Gasteiger partial charge in [0.25, 0.3) is 0 Å². The van der Waals surface area contributed by atoms with Crippen LogP contribution in [0, 0.1) is 0 Å². The van der Waals surface area contributed by atoms with Crippen molar-refractivity contribution in [1.82, 2.24) is 4.13 Å². The standard InChI is InChI=1S/C25H53N.C2HF6NO4S2/c1-4-7-10-13-16-19-22-25(26,23-20-17-14-11-8-5-2)24-21-18-15-12-9-6-3;3-1(4,5)14(10,11)9-15(12,13)2(6,7)8/h4-24,26H2,1-3H3;9H. The maximum Gasteiger partial charge on any atom is 0.512 e. The molecular weight excluding hydrogens is 594 g/mol. The number of halogens is 6. The first-order valence-corrected chi connectivity index (χ1v) is 18.1. The van der Waals surface area contributed by atoms with Crippen LogP contribution in [0.3, 0.4) is 0 Å². The van der Waals surface area contributed by atoms with Crippen LogP contribution >= 0.6 is 0 Å². The highest BCUT2D eigenvalue weighted by Crippen LogP contribution is 2.28. The number of alkyl halides is 6. The van der Waals surface area contributed by atoms with Gasteiger partial charge in [0.15, 0.2) is 0 Å². The van der Waals surface area contributed by atoms with Gasteiger partial charge in [0.1, 0.15) is 0 Å². The Bertz CT molecular complexity index is 766. The first-order valence-electron chi connectivity index (χ1n) is 15.1. The lowest BCUT2D eigenvalue weighted by Crippen LogP contribution is -2.45. The molecule has 0 aliphatic heterocycles. The molecule has 0 saturated carbocycles. The molecule has 6 nitrogen and oxygen atoms in total. The Hall–Kier alpha value is -0.600. The van der Waals surface area contributed by atoms with Crippen LogP contribution in [-0.2, 0) is 20.0 Å². The maximum atomic E-state index is 11.5. The van der Waals surface area contributed by atoms with Gasteiger partial charge in [0.2, 0.25) is 0 Å². The third-order valence-corrected chi connectivity index (χ3v) is 9.89. The molecule has 0 aromatic rings. The zero-order valence-corrected chi connectivity index (χ0v) is 26.8. The van der Waals surface area contributed by atoms with Crippen molar-refractivity contribution in [3.63, 3.8) is 0 Å². The fourth-order valence-electron chi connectivity index (χ4n) is 4.39. The number of nitrogens with two attached hydrogens (primary N) is 1. The minimum absolute atomic E-state index is 0.139. The van der Waals surface area contributed by atoms with Gasteiger partial charge in [-0.2, -0.15) is 26.3 Å². The second-order valence-electron chi connectivity index (χ2n) is 10.9. The van der Waals surface area contributed by atoms with E-state index >= 15 is 0 Å². The summed E-state index contributed by atoms with van der Waals surface area (Å²) < 4.78 is 108. The van der Waals surface area contributed by atoms with Gasteiger partial charge in [-0.05, 0) is 19.3 Å². The van der Waals surface area contributed by atoms with E-state index in [4.69, 9.17) is 5.73 Å². The molecule has 0 bridgehead atoms. The topological polar surface area (TPSA) is 106 Å². The molecule has 0 radical (unpaired) electrons. The van der Waals surface area contributed by atoms with Crippen molar-refractivity contribution in [3.8, 4) is 0 Å². The first-order chi connectivity index (χ1) is 18.9. The van der Waals surface area contributed by atoms with E-state index in [1.165, 1.54) is 135 Å². The molecule has 0 unspecified atom stereocenters. The molecular formula is C27H54F6N2O4S2. The lowest BCUT2D eigenvalue weighted by molar-refractivity contribution is -0.0476. The Balaban J connectivity index is 0. The summed E-state index contributed by atoms with van der Waals surface area (Å²) in [4.78, 5) is 0. The van der Waals surface area contributed by atoms with Crippen LogP contribution in [0.25, 0.3) is 0 Å². The minimum atomic E-state index is -6.60. The number of nitrogens with one attached hydrogen (secondary N) is 1. The molecule has 0 rings (SSSR count). The zero-order chi connectivity index (χ0) is 32.1. The van der Waals surface area contributed by atoms with E-state index in [0.29, 0.717) is 0 Å². The van der Waals surface area contributed by atoms with Gasteiger partial charge >= 0.3 is 31.1 Å². The molecule has 0 aromatic carbocycles. The zero-order valence-electron chi connectivity index (χ0n) is 25.1. The molecule has 0 aromatic heterocycles. The third kappa shape index (κ3) is 21.7. The van der Waals surface area contributed by atoms with E-state index in [0.717, 1.165) is 0 Å². The van der Waals surface area contributed by atoms with Crippen LogP contribution in [0.2, 0.25) is 0 Å². The second-order valence-corrected chi connectivity index (χ2v) is 14.5. The van der Waals surface area contributed by atoms with Crippen LogP contribution < -0.4 is 9.86 Å². The molecule has 250 valence electrons. The SMILES string of the molecule is CCCCCCCCC(N)(CCCCCCCC)CCCCCCCC.O=S(=O)(NS(=O)(=O)C(F)(F)F)C(F)(F)F. The first kappa shape index (κ1) is 42.5. The van der Waals surface area contributed by atoms with E-state index in [9.17, 15) is 43.2 Å². The molecule has 0 heterocycles. The molecule has 3 N–H and O–H groups in total. The molecule has 0 aliphatic carbocycles. The number of sulfonamides is 2. The average Bonchev–Trinajstić information content (AvgIpc) is 2.84. The van der Waals surface area contributed by atoms with Crippen molar-refractivity contribution in [3.05, 3.63) is 0 Å². The van der Waals surface area contributed by atoms with E-state index in [1.807, 2.05) is 0 Å². The van der Waals surface area contributed by atoms with Gasteiger partial charge in [-0.1, -0.05) is 140 Å². The summed E-state index contributed by atoms with van der Waals surface area (Å²) in [6.45, 7) is 6.89. The van der Waals surface area contributed by atoms with Gasteiger partial charge in [-0.15, -0.1) is 0 Å². The van der Waals surface area contributed by atoms with Crippen LogP contribution in [-0.4, -0.2) is 33.4 Å². The monoisotopic (exact) mass is 648 g/mol. The smallest absolute Gasteiger partial charge is 0.325 e. The van der Waals surface area contributed by atoms with Gasteiger partial charge in [0.05, 0.1) is 0 Å². The van der Waals surface area contributed by atoms with Gasteiger partial charge < -0.3 is 5.73 Å². The van der Waals surface area contributed by atoms with Gasteiger partial charge in [-0.25, -0.2) is 16.8 Å². The van der Waals surface area contributed by atoms with Crippen LogP contribution in [0.5, 0.6) is 0 Å². The van der Waals surface area contributed by atoms with Crippen molar-refractivity contribution in [1.29, 1.82) is 0 Å².